The van der Waals surface area contributed by atoms with Crippen LogP contribution in [0.5, 0.6) is 0 Å². The first-order valence-electron chi connectivity index (χ1n) is 10.5. The molecule has 2 saturated heterocycles. The largest absolute Gasteiger partial charge is 0.449 e. The van der Waals surface area contributed by atoms with Gasteiger partial charge in [0, 0.05) is 67.7 Å². The minimum Gasteiger partial charge on any atom is -0.449 e. The summed E-state index contributed by atoms with van der Waals surface area (Å²) in [4.78, 5) is 22.5. The molecule has 5 rings (SSSR count). The number of likely N-dealkylation sites (tertiary alicyclic amines) is 1. The summed E-state index contributed by atoms with van der Waals surface area (Å²) in [7, 11) is 4.32. The molecule has 0 radical (unpaired) electrons. The van der Waals surface area contributed by atoms with Crippen molar-refractivity contribution >= 4 is 17.0 Å². The standard InChI is InChI=1S/C22H30N4O2/c1-24-6-8-26(9-7-24)22(27)28-14-15-10-18-17-4-3-5-19-21(17)16(12-23-19)11-20(18)25(2)13-15/h3-5,12,15,18,20,23H,6-11,13-14H2,1-2H3/t15?,18-,20-/m0/s1. The van der Waals surface area contributed by atoms with Gasteiger partial charge >= 0.3 is 6.09 Å². The maximum absolute atomic E-state index is 12.5. The maximum Gasteiger partial charge on any atom is 0.409 e. The van der Waals surface area contributed by atoms with E-state index in [9.17, 15) is 4.79 Å². The Balaban J connectivity index is 1.27. The number of nitrogens with one attached hydrogen (secondary N) is 1. The summed E-state index contributed by atoms with van der Waals surface area (Å²) in [5.74, 6) is 0.900. The number of piperazine rings is 1. The van der Waals surface area contributed by atoms with Gasteiger partial charge in [-0.2, -0.15) is 0 Å². The lowest BCUT2D eigenvalue weighted by Crippen LogP contribution is -2.50. The average molecular weight is 383 g/mol. The molecule has 3 atom stereocenters. The number of aromatic amines is 1. The molecule has 1 amide bonds. The molecule has 28 heavy (non-hydrogen) atoms. The SMILES string of the molecule is CN1CCN(C(=O)OCC2C[C@H]3c4cccc5[nH]cc(c45)C[C@@H]3N(C)C2)CC1. The molecule has 2 fully saturated rings. The summed E-state index contributed by atoms with van der Waals surface area (Å²) in [5, 5.41) is 1.42. The number of hydrogen-bond acceptors (Lipinski definition) is 4. The van der Waals surface area contributed by atoms with E-state index < -0.39 is 0 Å². The summed E-state index contributed by atoms with van der Waals surface area (Å²) in [5.41, 5.74) is 4.16. The molecule has 0 bridgehead atoms. The predicted octanol–water partition coefficient (Wildman–Crippen LogP) is 2.51. The van der Waals surface area contributed by atoms with E-state index in [1.807, 2.05) is 4.90 Å². The van der Waals surface area contributed by atoms with Crippen LogP contribution in [-0.2, 0) is 11.2 Å². The van der Waals surface area contributed by atoms with Gasteiger partial charge in [-0.05, 0) is 44.1 Å². The molecular formula is C22H30N4O2. The van der Waals surface area contributed by atoms with Crippen LogP contribution in [-0.4, -0.2) is 85.2 Å². The Hall–Kier alpha value is -2.05. The van der Waals surface area contributed by atoms with Crippen LogP contribution in [0, 0.1) is 5.92 Å². The molecule has 1 N–H and O–H groups in total. The summed E-state index contributed by atoms with van der Waals surface area (Å²) in [6.45, 7) is 4.90. The van der Waals surface area contributed by atoms with E-state index in [4.69, 9.17) is 4.74 Å². The molecule has 1 aliphatic carbocycles. The highest BCUT2D eigenvalue weighted by Crippen LogP contribution is 2.44. The Kier molecular flexibility index (Phi) is 4.56. The molecule has 3 heterocycles. The van der Waals surface area contributed by atoms with Crippen molar-refractivity contribution < 1.29 is 9.53 Å². The Morgan fingerprint density at radius 3 is 2.86 bits per heavy atom. The van der Waals surface area contributed by atoms with Crippen molar-refractivity contribution in [2.24, 2.45) is 5.92 Å². The third kappa shape index (κ3) is 3.08. The van der Waals surface area contributed by atoms with Crippen LogP contribution < -0.4 is 0 Å². The van der Waals surface area contributed by atoms with Crippen LogP contribution in [0.25, 0.3) is 10.9 Å². The molecule has 1 unspecified atom stereocenters. The Morgan fingerprint density at radius 1 is 1.21 bits per heavy atom. The monoisotopic (exact) mass is 382 g/mol. The van der Waals surface area contributed by atoms with E-state index in [0.717, 1.165) is 45.6 Å². The summed E-state index contributed by atoms with van der Waals surface area (Å²) >= 11 is 0. The molecule has 2 aromatic rings. The second kappa shape index (κ2) is 7.08. The third-order valence-electron chi connectivity index (χ3n) is 7.02. The highest BCUT2D eigenvalue weighted by Gasteiger charge is 2.39. The van der Waals surface area contributed by atoms with Gasteiger partial charge in [0.15, 0.2) is 0 Å². The average Bonchev–Trinajstić information content (AvgIpc) is 3.12. The predicted molar refractivity (Wildman–Crippen MR) is 110 cm³/mol. The van der Waals surface area contributed by atoms with Crippen molar-refractivity contribution in [2.45, 2.75) is 24.8 Å². The molecule has 0 spiro atoms. The third-order valence-corrected chi connectivity index (χ3v) is 7.02. The fraction of sp³-hybridized carbons (Fsp3) is 0.591. The molecule has 1 aromatic heterocycles. The number of amides is 1. The first kappa shape index (κ1) is 18.0. The van der Waals surface area contributed by atoms with Crippen molar-refractivity contribution in [3.63, 3.8) is 0 Å². The second-order valence-electron chi connectivity index (χ2n) is 8.87. The van der Waals surface area contributed by atoms with E-state index >= 15 is 0 Å². The summed E-state index contributed by atoms with van der Waals surface area (Å²) < 4.78 is 5.75. The zero-order chi connectivity index (χ0) is 19.3. The van der Waals surface area contributed by atoms with Crippen molar-refractivity contribution in [3.8, 4) is 0 Å². The molecule has 0 saturated carbocycles. The van der Waals surface area contributed by atoms with E-state index in [1.54, 1.807) is 0 Å². The fourth-order valence-corrected chi connectivity index (χ4v) is 5.44. The Morgan fingerprint density at radius 2 is 2.04 bits per heavy atom. The number of benzene rings is 1. The molecular weight excluding hydrogens is 352 g/mol. The smallest absolute Gasteiger partial charge is 0.409 e. The number of rotatable bonds is 2. The minimum absolute atomic E-state index is 0.142. The molecule has 150 valence electrons. The number of carbonyl (C=O) groups excluding carboxylic acids is 1. The zero-order valence-corrected chi connectivity index (χ0v) is 16.9. The van der Waals surface area contributed by atoms with Crippen LogP contribution >= 0.6 is 0 Å². The number of piperidine rings is 1. The Labute approximate surface area is 166 Å². The van der Waals surface area contributed by atoms with Crippen LogP contribution in [0.4, 0.5) is 4.79 Å². The van der Waals surface area contributed by atoms with Crippen LogP contribution in [0.2, 0.25) is 0 Å². The molecule has 6 nitrogen and oxygen atoms in total. The number of carbonyl (C=O) groups is 1. The van der Waals surface area contributed by atoms with Gasteiger partial charge in [0.2, 0.25) is 0 Å². The highest BCUT2D eigenvalue weighted by molar-refractivity contribution is 5.88. The second-order valence-corrected chi connectivity index (χ2v) is 8.87. The number of aromatic nitrogens is 1. The topological polar surface area (TPSA) is 51.8 Å². The highest BCUT2D eigenvalue weighted by atomic mass is 16.6. The Bertz CT molecular complexity index is 871. The molecule has 3 aliphatic rings. The number of nitrogens with zero attached hydrogens (tertiary/aromatic N) is 3. The van der Waals surface area contributed by atoms with Gasteiger partial charge in [-0.3, -0.25) is 0 Å². The lowest BCUT2D eigenvalue weighted by Gasteiger charge is -2.45. The van der Waals surface area contributed by atoms with Crippen molar-refractivity contribution in [1.82, 2.24) is 19.7 Å². The molecule has 2 aliphatic heterocycles. The molecule has 1 aromatic carbocycles. The van der Waals surface area contributed by atoms with Crippen molar-refractivity contribution in [1.29, 1.82) is 0 Å². The van der Waals surface area contributed by atoms with Gasteiger partial charge in [-0.1, -0.05) is 12.1 Å². The number of fused-ring (bicyclic) bond motifs is 2. The van der Waals surface area contributed by atoms with Gasteiger partial charge < -0.3 is 24.4 Å². The number of likely N-dealkylation sites (N-methyl/N-ethyl adjacent to an activating group) is 2. The van der Waals surface area contributed by atoms with Gasteiger partial charge in [-0.15, -0.1) is 0 Å². The first-order chi connectivity index (χ1) is 13.6. The van der Waals surface area contributed by atoms with Crippen molar-refractivity contribution in [3.05, 3.63) is 35.5 Å². The quantitative estimate of drug-likeness (QED) is 0.867. The van der Waals surface area contributed by atoms with Gasteiger partial charge in [0.25, 0.3) is 0 Å². The van der Waals surface area contributed by atoms with Gasteiger partial charge in [0.1, 0.15) is 0 Å². The minimum atomic E-state index is -0.142. The van der Waals surface area contributed by atoms with E-state index in [-0.39, 0.29) is 6.09 Å². The van der Waals surface area contributed by atoms with Gasteiger partial charge in [0.05, 0.1) is 6.61 Å². The number of ether oxygens (including phenoxy) is 1. The summed E-state index contributed by atoms with van der Waals surface area (Å²) in [6, 6.07) is 7.17. The normalized spacial score (nSPS) is 28.4. The van der Waals surface area contributed by atoms with E-state index in [1.165, 1.54) is 22.0 Å². The maximum atomic E-state index is 12.5. The van der Waals surface area contributed by atoms with Crippen LogP contribution in [0.1, 0.15) is 23.5 Å². The molecule has 6 heteroatoms. The number of H-pyrrole nitrogens is 1. The number of hydrogen-bond donors (Lipinski definition) is 1. The summed E-state index contributed by atoms with van der Waals surface area (Å²) in [6.07, 6.45) is 4.24. The lowest BCUT2D eigenvalue weighted by molar-refractivity contribution is 0.0400. The van der Waals surface area contributed by atoms with Crippen LogP contribution in [0.15, 0.2) is 24.4 Å². The fourth-order valence-electron chi connectivity index (χ4n) is 5.44. The van der Waals surface area contributed by atoms with Crippen LogP contribution in [0.3, 0.4) is 0 Å². The van der Waals surface area contributed by atoms with Crippen molar-refractivity contribution in [2.75, 3.05) is 53.4 Å². The van der Waals surface area contributed by atoms with E-state index in [2.05, 4.69) is 53.3 Å². The lowest BCUT2D eigenvalue weighted by atomic mass is 9.72. The van der Waals surface area contributed by atoms with Gasteiger partial charge in [-0.25, -0.2) is 4.79 Å². The zero-order valence-electron chi connectivity index (χ0n) is 16.9. The van der Waals surface area contributed by atoms with E-state index in [0.29, 0.717) is 24.5 Å². The first-order valence-corrected chi connectivity index (χ1v) is 10.5.